The fourth-order valence-corrected chi connectivity index (χ4v) is 2.01. The zero-order chi connectivity index (χ0) is 16.1. The molecule has 1 aromatic heterocycles. The summed E-state index contributed by atoms with van der Waals surface area (Å²) in [6, 6.07) is 9.42. The Hall–Kier alpha value is -2.67. The lowest BCUT2D eigenvalue weighted by Gasteiger charge is -2.11. The number of hydrogen-bond acceptors (Lipinski definition) is 4. The van der Waals surface area contributed by atoms with Crippen molar-refractivity contribution in [3.8, 4) is 5.69 Å². The number of ether oxygens (including phenoxy) is 1. The van der Waals surface area contributed by atoms with Crippen molar-refractivity contribution in [3.63, 3.8) is 0 Å². The van der Waals surface area contributed by atoms with E-state index in [1.54, 1.807) is 11.6 Å². The Kier molecular flexibility index (Phi) is 4.90. The van der Waals surface area contributed by atoms with Gasteiger partial charge in [0, 0.05) is 7.11 Å². The van der Waals surface area contributed by atoms with E-state index in [1.165, 1.54) is 13.3 Å². The summed E-state index contributed by atoms with van der Waals surface area (Å²) in [5, 5.41) is 15.6. The molecule has 0 saturated carbocycles. The number of amides is 1. The predicted molar refractivity (Wildman–Crippen MR) is 79.1 cm³/mol. The number of carboxylic acids is 1. The molecule has 0 fully saturated rings. The number of carboxylic acid groups (broad SMARTS) is 1. The fourth-order valence-electron chi connectivity index (χ4n) is 2.01. The summed E-state index contributed by atoms with van der Waals surface area (Å²) < 4.78 is 6.42. The molecule has 116 valence electrons. The number of carbonyl (C=O) groups excluding carboxylic acids is 1. The summed E-state index contributed by atoms with van der Waals surface area (Å²) in [6.45, 7) is 1.67. The highest BCUT2D eigenvalue weighted by Gasteiger charge is 2.20. The topological polar surface area (TPSA) is 93.5 Å². The molecule has 7 heteroatoms. The van der Waals surface area contributed by atoms with E-state index >= 15 is 0 Å². The van der Waals surface area contributed by atoms with Gasteiger partial charge in [0.15, 0.2) is 6.10 Å². The Morgan fingerprint density at radius 3 is 2.64 bits per heavy atom. The molecule has 0 aliphatic heterocycles. The van der Waals surface area contributed by atoms with E-state index in [2.05, 4.69) is 10.4 Å². The molecular formula is C15H17N3O4. The van der Waals surface area contributed by atoms with Crippen molar-refractivity contribution in [1.29, 1.82) is 0 Å². The third-order valence-corrected chi connectivity index (χ3v) is 3.26. The highest BCUT2D eigenvalue weighted by Crippen LogP contribution is 2.13. The highest BCUT2D eigenvalue weighted by atomic mass is 16.5. The first kappa shape index (κ1) is 15.7. The van der Waals surface area contributed by atoms with Crippen molar-refractivity contribution < 1.29 is 19.4 Å². The Labute approximate surface area is 127 Å². The van der Waals surface area contributed by atoms with Gasteiger partial charge >= 0.3 is 5.97 Å². The molecule has 0 bridgehead atoms. The summed E-state index contributed by atoms with van der Waals surface area (Å²) in [6.07, 6.45) is 0.383. The van der Waals surface area contributed by atoms with Gasteiger partial charge in [-0.05, 0) is 19.1 Å². The summed E-state index contributed by atoms with van der Waals surface area (Å²) in [5.74, 6) is -1.51. The van der Waals surface area contributed by atoms with Crippen molar-refractivity contribution in [3.05, 3.63) is 47.8 Å². The van der Waals surface area contributed by atoms with Crippen LogP contribution in [0.4, 0.5) is 0 Å². The fraction of sp³-hybridized carbons (Fsp3) is 0.267. The van der Waals surface area contributed by atoms with Gasteiger partial charge in [-0.1, -0.05) is 18.2 Å². The zero-order valence-corrected chi connectivity index (χ0v) is 12.3. The molecule has 1 aromatic carbocycles. The van der Waals surface area contributed by atoms with Crippen LogP contribution < -0.4 is 5.32 Å². The maximum Gasteiger partial charge on any atom is 0.334 e. The van der Waals surface area contributed by atoms with Gasteiger partial charge in [-0.3, -0.25) is 4.79 Å². The SMILES string of the molecule is COC(CNC(=O)c1cnn(-c2ccccc2)c1C)C(=O)O. The van der Waals surface area contributed by atoms with Gasteiger partial charge in [-0.2, -0.15) is 5.10 Å². The minimum absolute atomic E-state index is 0.110. The van der Waals surface area contributed by atoms with Crippen LogP contribution >= 0.6 is 0 Å². The van der Waals surface area contributed by atoms with Gasteiger partial charge in [0.1, 0.15) is 0 Å². The smallest absolute Gasteiger partial charge is 0.334 e. The molecule has 1 amide bonds. The van der Waals surface area contributed by atoms with Crippen LogP contribution in [-0.2, 0) is 9.53 Å². The predicted octanol–water partition coefficient (Wildman–Crippen LogP) is 1.01. The first-order valence-corrected chi connectivity index (χ1v) is 6.68. The third-order valence-electron chi connectivity index (χ3n) is 3.26. The molecule has 22 heavy (non-hydrogen) atoms. The number of carbonyl (C=O) groups is 2. The van der Waals surface area contributed by atoms with Crippen LogP contribution in [0.1, 0.15) is 16.1 Å². The largest absolute Gasteiger partial charge is 0.479 e. The van der Waals surface area contributed by atoms with Gasteiger partial charge in [0.25, 0.3) is 5.91 Å². The number of aromatic nitrogens is 2. The molecule has 0 aliphatic rings. The van der Waals surface area contributed by atoms with Crippen LogP contribution in [-0.4, -0.2) is 46.5 Å². The minimum atomic E-state index is -1.13. The summed E-state index contributed by atoms with van der Waals surface area (Å²) >= 11 is 0. The molecule has 1 unspecified atom stereocenters. The van der Waals surface area contributed by atoms with Crippen LogP contribution in [0.3, 0.4) is 0 Å². The lowest BCUT2D eigenvalue weighted by atomic mass is 10.2. The van der Waals surface area contributed by atoms with Crippen LogP contribution in [0.15, 0.2) is 36.5 Å². The lowest BCUT2D eigenvalue weighted by Crippen LogP contribution is -2.37. The minimum Gasteiger partial charge on any atom is -0.479 e. The monoisotopic (exact) mass is 303 g/mol. The molecule has 1 heterocycles. The first-order chi connectivity index (χ1) is 10.5. The molecule has 0 radical (unpaired) electrons. The van der Waals surface area contributed by atoms with Crippen molar-refractivity contribution >= 4 is 11.9 Å². The molecule has 0 spiro atoms. The maximum absolute atomic E-state index is 12.1. The number of hydrogen-bond donors (Lipinski definition) is 2. The van der Waals surface area contributed by atoms with E-state index in [4.69, 9.17) is 9.84 Å². The van der Waals surface area contributed by atoms with Crippen molar-refractivity contribution in [2.45, 2.75) is 13.0 Å². The third kappa shape index (κ3) is 3.32. The summed E-state index contributed by atoms with van der Waals surface area (Å²) in [7, 11) is 1.28. The molecule has 7 nitrogen and oxygen atoms in total. The number of aliphatic carboxylic acids is 1. The van der Waals surface area contributed by atoms with Gasteiger partial charge in [0.2, 0.25) is 0 Å². The van der Waals surface area contributed by atoms with E-state index in [1.807, 2.05) is 30.3 Å². The second-order valence-corrected chi connectivity index (χ2v) is 4.66. The van der Waals surface area contributed by atoms with E-state index in [9.17, 15) is 9.59 Å². The summed E-state index contributed by atoms with van der Waals surface area (Å²) in [5.41, 5.74) is 1.91. The Bertz CT molecular complexity index is 667. The van der Waals surface area contributed by atoms with Crippen molar-refractivity contribution in [1.82, 2.24) is 15.1 Å². The first-order valence-electron chi connectivity index (χ1n) is 6.68. The molecule has 2 N–H and O–H groups in total. The van der Waals surface area contributed by atoms with Crippen LogP contribution in [0, 0.1) is 6.92 Å². The highest BCUT2D eigenvalue weighted by molar-refractivity contribution is 5.95. The Balaban J connectivity index is 2.12. The van der Waals surface area contributed by atoms with E-state index < -0.39 is 12.1 Å². The van der Waals surface area contributed by atoms with Crippen molar-refractivity contribution in [2.24, 2.45) is 0 Å². The number of methoxy groups -OCH3 is 1. The molecule has 2 rings (SSSR count). The molecular weight excluding hydrogens is 286 g/mol. The Morgan fingerprint density at radius 2 is 2.05 bits per heavy atom. The number of para-hydroxylation sites is 1. The van der Waals surface area contributed by atoms with Gasteiger partial charge in [-0.15, -0.1) is 0 Å². The van der Waals surface area contributed by atoms with Gasteiger partial charge < -0.3 is 15.2 Å². The second kappa shape index (κ2) is 6.86. The van der Waals surface area contributed by atoms with E-state index in [0.29, 0.717) is 11.3 Å². The van der Waals surface area contributed by atoms with E-state index in [0.717, 1.165) is 5.69 Å². The maximum atomic E-state index is 12.1. The standard InChI is InChI=1S/C15H17N3O4/c1-10-12(14(19)16-9-13(22-2)15(20)21)8-17-18(10)11-6-4-3-5-7-11/h3-8,13H,9H2,1-2H3,(H,16,19)(H,20,21). The molecule has 0 saturated heterocycles. The quantitative estimate of drug-likeness (QED) is 0.830. The van der Waals surface area contributed by atoms with Crippen LogP contribution in [0.2, 0.25) is 0 Å². The molecule has 1 atom stereocenters. The number of benzene rings is 1. The Morgan fingerprint density at radius 1 is 1.36 bits per heavy atom. The van der Waals surface area contributed by atoms with Crippen molar-refractivity contribution in [2.75, 3.05) is 13.7 Å². The zero-order valence-electron chi connectivity index (χ0n) is 12.3. The van der Waals surface area contributed by atoms with E-state index in [-0.39, 0.29) is 12.5 Å². The number of rotatable bonds is 6. The number of nitrogens with one attached hydrogen (secondary N) is 1. The van der Waals surface area contributed by atoms with Crippen LogP contribution in [0.5, 0.6) is 0 Å². The number of nitrogens with zero attached hydrogens (tertiary/aromatic N) is 2. The average molecular weight is 303 g/mol. The normalized spacial score (nSPS) is 11.9. The lowest BCUT2D eigenvalue weighted by molar-refractivity contribution is -0.148. The average Bonchev–Trinajstić information content (AvgIpc) is 2.90. The summed E-state index contributed by atoms with van der Waals surface area (Å²) in [4.78, 5) is 23.0. The molecule has 2 aromatic rings. The van der Waals surface area contributed by atoms with Crippen LogP contribution in [0.25, 0.3) is 5.69 Å². The second-order valence-electron chi connectivity index (χ2n) is 4.66. The van der Waals surface area contributed by atoms with Gasteiger partial charge in [-0.25, -0.2) is 9.48 Å². The molecule has 0 aliphatic carbocycles. The van der Waals surface area contributed by atoms with Gasteiger partial charge in [0.05, 0.1) is 29.7 Å².